The first-order chi connectivity index (χ1) is 16.9. The van der Waals surface area contributed by atoms with Crippen LogP contribution in [-0.2, 0) is 19.6 Å². The van der Waals surface area contributed by atoms with Gasteiger partial charge in [0.15, 0.2) is 6.61 Å². The van der Waals surface area contributed by atoms with Gasteiger partial charge in [-0.2, -0.15) is 8.78 Å². The van der Waals surface area contributed by atoms with Gasteiger partial charge in [-0.05, 0) is 60.0 Å². The largest absolute Gasteiger partial charge is 0.489 e. The number of hydrogen-bond donors (Lipinski definition) is 2. The highest BCUT2D eigenvalue weighted by molar-refractivity contribution is 5.84. The first-order valence-electron chi connectivity index (χ1n) is 11.3. The van der Waals surface area contributed by atoms with Crippen LogP contribution in [0.3, 0.4) is 0 Å². The molecule has 0 aliphatic carbocycles. The Morgan fingerprint density at radius 3 is 2.43 bits per heavy atom. The van der Waals surface area contributed by atoms with Crippen LogP contribution < -0.4 is 14.8 Å². The van der Waals surface area contributed by atoms with E-state index in [9.17, 15) is 17.6 Å². The molecule has 2 N–H and O–H groups in total. The van der Waals surface area contributed by atoms with E-state index in [0.29, 0.717) is 19.7 Å². The number of alkyl halides is 4. The molecule has 0 saturated heterocycles. The van der Waals surface area contributed by atoms with E-state index < -0.39 is 19.0 Å². The predicted octanol–water partition coefficient (Wildman–Crippen LogP) is 6.36. The van der Waals surface area contributed by atoms with E-state index in [1.165, 1.54) is 6.07 Å². The average molecular weight is 487 g/mol. The van der Waals surface area contributed by atoms with Gasteiger partial charge < -0.3 is 19.8 Å². The summed E-state index contributed by atoms with van der Waals surface area (Å²) >= 11 is 0. The van der Waals surface area contributed by atoms with E-state index in [2.05, 4.69) is 10.3 Å². The van der Waals surface area contributed by atoms with E-state index in [0.717, 1.165) is 39.8 Å². The van der Waals surface area contributed by atoms with Crippen molar-refractivity contribution in [3.05, 3.63) is 95.7 Å². The fraction of sp³-hybridized carbons (Fsp3) is 0.259. The number of nitrogens with one attached hydrogen (secondary N) is 2. The molecule has 1 aromatic heterocycles. The number of rotatable bonds is 12. The van der Waals surface area contributed by atoms with Gasteiger partial charge in [0.1, 0.15) is 18.1 Å². The minimum Gasteiger partial charge on any atom is -0.489 e. The van der Waals surface area contributed by atoms with Gasteiger partial charge >= 0.3 is 12.3 Å². The van der Waals surface area contributed by atoms with Gasteiger partial charge in [-0.3, -0.25) is 0 Å². The van der Waals surface area contributed by atoms with Crippen molar-refractivity contribution in [3.8, 4) is 11.5 Å². The van der Waals surface area contributed by atoms with Crippen LogP contribution in [0.1, 0.15) is 16.7 Å². The SMILES string of the molecule is FC(F)C(F)(F)COc1cccc(CNCCc2c[nH]c3ccc(OCc4ccccc4)cc23)c1. The molecule has 0 radical (unpaired) electrons. The summed E-state index contributed by atoms with van der Waals surface area (Å²) in [6.45, 7) is 0.294. The summed E-state index contributed by atoms with van der Waals surface area (Å²) in [6.07, 6.45) is -1.02. The fourth-order valence-electron chi connectivity index (χ4n) is 3.64. The Kier molecular flexibility index (Phi) is 7.92. The maximum Gasteiger partial charge on any atom is 0.340 e. The fourth-order valence-corrected chi connectivity index (χ4v) is 3.64. The second-order valence-corrected chi connectivity index (χ2v) is 8.22. The molecule has 35 heavy (non-hydrogen) atoms. The molecule has 0 bridgehead atoms. The van der Waals surface area contributed by atoms with Crippen LogP contribution in [0, 0.1) is 0 Å². The van der Waals surface area contributed by atoms with Gasteiger partial charge in [0.25, 0.3) is 0 Å². The Labute approximate surface area is 200 Å². The number of fused-ring (bicyclic) bond motifs is 1. The molecule has 184 valence electrons. The molecule has 4 aromatic rings. The molecule has 0 aliphatic heterocycles. The van der Waals surface area contributed by atoms with Crippen molar-refractivity contribution in [1.29, 1.82) is 0 Å². The lowest BCUT2D eigenvalue weighted by Crippen LogP contribution is -2.33. The van der Waals surface area contributed by atoms with Gasteiger partial charge in [-0.1, -0.05) is 42.5 Å². The van der Waals surface area contributed by atoms with Gasteiger partial charge in [-0.25, -0.2) is 8.78 Å². The first-order valence-corrected chi connectivity index (χ1v) is 11.3. The second-order valence-electron chi connectivity index (χ2n) is 8.22. The molecule has 8 heteroatoms. The van der Waals surface area contributed by atoms with E-state index in [1.807, 2.05) is 60.8 Å². The van der Waals surface area contributed by atoms with E-state index in [4.69, 9.17) is 9.47 Å². The van der Waals surface area contributed by atoms with Gasteiger partial charge in [0.2, 0.25) is 0 Å². The summed E-state index contributed by atoms with van der Waals surface area (Å²) in [4.78, 5) is 3.27. The standard InChI is InChI=1S/C27H26F4N2O2/c28-26(29)27(30,31)18-35-22-8-4-7-20(13-22)15-32-12-11-21-16-33-25-10-9-23(14-24(21)25)34-17-19-5-2-1-3-6-19/h1-10,13-14,16,26,32-33H,11-12,15,17-18H2. The summed E-state index contributed by atoms with van der Waals surface area (Å²) in [5.74, 6) is -3.26. The lowest BCUT2D eigenvalue weighted by molar-refractivity contribution is -0.148. The monoisotopic (exact) mass is 486 g/mol. The molecule has 0 amide bonds. The Morgan fingerprint density at radius 1 is 0.857 bits per heavy atom. The predicted molar refractivity (Wildman–Crippen MR) is 127 cm³/mol. The van der Waals surface area contributed by atoms with E-state index in [-0.39, 0.29) is 5.75 Å². The third kappa shape index (κ3) is 6.76. The van der Waals surface area contributed by atoms with Crippen LogP contribution in [0.15, 0.2) is 79.0 Å². The quantitative estimate of drug-likeness (QED) is 0.181. The first kappa shape index (κ1) is 24.6. The smallest absolute Gasteiger partial charge is 0.340 e. The third-order valence-electron chi connectivity index (χ3n) is 5.54. The number of H-pyrrole nitrogens is 1. The summed E-state index contributed by atoms with van der Waals surface area (Å²) in [5.41, 5.74) is 4.07. The number of aromatic amines is 1. The minimum atomic E-state index is -4.18. The molecule has 4 rings (SSSR count). The van der Waals surface area contributed by atoms with Crippen molar-refractivity contribution in [2.45, 2.75) is 31.9 Å². The van der Waals surface area contributed by atoms with Crippen molar-refractivity contribution in [2.24, 2.45) is 0 Å². The zero-order valence-corrected chi connectivity index (χ0v) is 18.9. The molecule has 4 nitrogen and oxygen atoms in total. The summed E-state index contributed by atoms with van der Waals surface area (Å²) in [7, 11) is 0. The van der Waals surface area contributed by atoms with Crippen LogP contribution >= 0.6 is 0 Å². The highest BCUT2D eigenvalue weighted by Gasteiger charge is 2.41. The van der Waals surface area contributed by atoms with Crippen molar-refractivity contribution in [2.75, 3.05) is 13.2 Å². The molecule has 3 aromatic carbocycles. The third-order valence-corrected chi connectivity index (χ3v) is 5.54. The average Bonchev–Trinajstić information content (AvgIpc) is 3.27. The maximum atomic E-state index is 13.1. The molecule has 0 atom stereocenters. The normalized spacial score (nSPS) is 11.8. The molecule has 1 heterocycles. The number of ether oxygens (including phenoxy) is 2. The molecule has 0 saturated carbocycles. The maximum absolute atomic E-state index is 13.1. The van der Waals surface area contributed by atoms with Crippen molar-refractivity contribution < 1.29 is 27.0 Å². The molecule has 0 fully saturated rings. The van der Waals surface area contributed by atoms with Gasteiger partial charge in [0, 0.05) is 23.6 Å². The molecule has 0 aliphatic rings. The highest BCUT2D eigenvalue weighted by atomic mass is 19.3. The second kappa shape index (κ2) is 11.3. The lowest BCUT2D eigenvalue weighted by Gasteiger charge is -2.16. The summed E-state index contributed by atoms with van der Waals surface area (Å²) in [6, 6.07) is 22.4. The molecule has 0 unspecified atom stereocenters. The van der Waals surface area contributed by atoms with Crippen LogP contribution in [0.4, 0.5) is 17.6 Å². The number of benzene rings is 3. The van der Waals surface area contributed by atoms with Crippen LogP contribution in [0.2, 0.25) is 0 Å². The van der Waals surface area contributed by atoms with Crippen molar-refractivity contribution >= 4 is 10.9 Å². The summed E-state index contributed by atoms with van der Waals surface area (Å²) < 4.78 is 61.6. The van der Waals surface area contributed by atoms with Crippen molar-refractivity contribution in [1.82, 2.24) is 10.3 Å². The minimum absolute atomic E-state index is 0.129. The molecular formula is C27H26F4N2O2. The number of aromatic nitrogens is 1. The highest BCUT2D eigenvalue weighted by Crippen LogP contribution is 2.26. The van der Waals surface area contributed by atoms with Crippen LogP contribution in [-0.4, -0.2) is 30.5 Å². The number of hydrogen-bond acceptors (Lipinski definition) is 3. The Balaban J connectivity index is 1.28. The lowest BCUT2D eigenvalue weighted by atomic mass is 10.1. The van der Waals surface area contributed by atoms with Crippen LogP contribution in [0.25, 0.3) is 10.9 Å². The topological polar surface area (TPSA) is 46.3 Å². The molecular weight excluding hydrogens is 460 g/mol. The number of halogens is 4. The van der Waals surface area contributed by atoms with Gasteiger partial charge in [-0.15, -0.1) is 0 Å². The summed E-state index contributed by atoms with van der Waals surface area (Å²) in [5, 5.41) is 4.41. The van der Waals surface area contributed by atoms with Crippen molar-refractivity contribution in [3.63, 3.8) is 0 Å². The van der Waals surface area contributed by atoms with Gasteiger partial charge in [0.05, 0.1) is 0 Å². The zero-order chi connectivity index (χ0) is 24.7. The van der Waals surface area contributed by atoms with E-state index >= 15 is 0 Å². The van der Waals surface area contributed by atoms with E-state index in [1.54, 1.807) is 12.1 Å². The Bertz CT molecular complexity index is 1230. The Morgan fingerprint density at radius 2 is 1.63 bits per heavy atom. The Hall–Kier alpha value is -3.52. The zero-order valence-electron chi connectivity index (χ0n) is 18.9. The molecule has 0 spiro atoms. The van der Waals surface area contributed by atoms with Crippen LogP contribution in [0.5, 0.6) is 11.5 Å².